The van der Waals surface area contributed by atoms with Crippen LogP contribution >= 0.6 is 11.3 Å². The highest BCUT2D eigenvalue weighted by molar-refractivity contribution is 7.10. The minimum Gasteiger partial charge on any atom is -0.383 e. The smallest absolute Gasteiger partial charge is 0.223 e. The highest BCUT2D eigenvalue weighted by Gasteiger charge is 2.26. The number of hydrogen-bond acceptors (Lipinski definition) is 3. The molecule has 2 N–H and O–H groups in total. The van der Waals surface area contributed by atoms with Crippen molar-refractivity contribution in [2.75, 3.05) is 6.54 Å². The van der Waals surface area contributed by atoms with Crippen molar-refractivity contribution in [3.8, 4) is 0 Å². The maximum Gasteiger partial charge on any atom is 0.223 e. The van der Waals surface area contributed by atoms with Crippen LogP contribution in [-0.2, 0) is 10.4 Å². The summed E-state index contributed by atoms with van der Waals surface area (Å²) in [7, 11) is 0. The van der Waals surface area contributed by atoms with E-state index in [9.17, 15) is 9.90 Å². The molecule has 2 rings (SSSR count). The van der Waals surface area contributed by atoms with Gasteiger partial charge in [-0.1, -0.05) is 18.2 Å². The first-order valence-corrected chi connectivity index (χ1v) is 7.16. The molecule has 1 heterocycles. The van der Waals surface area contributed by atoms with Gasteiger partial charge in [0, 0.05) is 10.8 Å². The molecule has 2 atom stereocenters. The monoisotopic (exact) mass is 265 g/mol. The molecule has 2 unspecified atom stereocenters. The van der Waals surface area contributed by atoms with Gasteiger partial charge < -0.3 is 10.4 Å². The summed E-state index contributed by atoms with van der Waals surface area (Å²) in [6.45, 7) is 2.01. The van der Waals surface area contributed by atoms with Crippen molar-refractivity contribution in [3.05, 3.63) is 34.5 Å². The van der Waals surface area contributed by atoms with Crippen LogP contribution < -0.4 is 5.32 Å². The molecule has 0 spiro atoms. The summed E-state index contributed by atoms with van der Waals surface area (Å²) in [6, 6.07) is 3.79. The summed E-state index contributed by atoms with van der Waals surface area (Å²) in [5.41, 5.74) is -0.978. The molecular weight excluding hydrogens is 246 g/mol. The fourth-order valence-corrected chi connectivity index (χ4v) is 2.89. The summed E-state index contributed by atoms with van der Waals surface area (Å²) < 4.78 is 0. The van der Waals surface area contributed by atoms with Crippen LogP contribution in [0.5, 0.6) is 0 Å². The number of carbonyl (C=O) groups excluding carboxylic acids is 1. The fraction of sp³-hybridized carbons (Fsp3) is 0.500. The van der Waals surface area contributed by atoms with Crippen molar-refractivity contribution in [2.45, 2.75) is 31.8 Å². The van der Waals surface area contributed by atoms with Gasteiger partial charge in [-0.25, -0.2) is 0 Å². The molecule has 98 valence electrons. The van der Waals surface area contributed by atoms with Crippen molar-refractivity contribution in [1.82, 2.24) is 5.32 Å². The predicted molar refractivity (Wildman–Crippen MR) is 73.4 cm³/mol. The third kappa shape index (κ3) is 3.21. The summed E-state index contributed by atoms with van der Waals surface area (Å²) in [5, 5.41) is 15.1. The van der Waals surface area contributed by atoms with Gasteiger partial charge in [0.2, 0.25) is 5.91 Å². The Morgan fingerprint density at radius 2 is 2.44 bits per heavy atom. The number of rotatable bonds is 4. The lowest BCUT2D eigenvalue weighted by molar-refractivity contribution is -0.126. The van der Waals surface area contributed by atoms with Gasteiger partial charge in [-0.3, -0.25) is 4.79 Å². The largest absolute Gasteiger partial charge is 0.383 e. The van der Waals surface area contributed by atoms with E-state index in [1.807, 2.05) is 17.5 Å². The highest BCUT2D eigenvalue weighted by Crippen LogP contribution is 2.25. The Balaban J connectivity index is 1.87. The molecule has 1 aromatic rings. The second kappa shape index (κ2) is 5.67. The molecule has 0 saturated carbocycles. The Labute approximate surface area is 112 Å². The van der Waals surface area contributed by atoms with E-state index in [0.717, 1.165) is 24.1 Å². The molecule has 0 bridgehead atoms. The van der Waals surface area contributed by atoms with E-state index in [1.165, 1.54) is 11.3 Å². The third-order valence-electron chi connectivity index (χ3n) is 3.30. The number of hydrogen-bond donors (Lipinski definition) is 2. The van der Waals surface area contributed by atoms with Crippen LogP contribution in [0.1, 0.15) is 31.1 Å². The Hall–Kier alpha value is -1.13. The van der Waals surface area contributed by atoms with Gasteiger partial charge in [0.15, 0.2) is 0 Å². The fourth-order valence-electron chi connectivity index (χ4n) is 2.11. The molecule has 4 heteroatoms. The van der Waals surface area contributed by atoms with Crippen LogP contribution in [0.2, 0.25) is 0 Å². The maximum atomic E-state index is 12.0. The van der Waals surface area contributed by atoms with E-state index < -0.39 is 5.60 Å². The second-order valence-electron chi connectivity index (χ2n) is 4.95. The molecule has 0 saturated heterocycles. The first-order chi connectivity index (χ1) is 8.59. The summed E-state index contributed by atoms with van der Waals surface area (Å²) >= 11 is 1.50. The predicted octanol–water partition coefficient (Wildman–Crippen LogP) is 2.43. The molecule has 0 aliphatic heterocycles. The summed E-state index contributed by atoms with van der Waals surface area (Å²) in [4.78, 5) is 12.8. The minimum absolute atomic E-state index is 0.0520. The van der Waals surface area contributed by atoms with Crippen molar-refractivity contribution < 1.29 is 9.90 Å². The second-order valence-corrected chi connectivity index (χ2v) is 5.90. The van der Waals surface area contributed by atoms with Gasteiger partial charge in [-0.2, -0.15) is 0 Å². The average Bonchev–Trinajstić information content (AvgIpc) is 2.92. The van der Waals surface area contributed by atoms with Crippen molar-refractivity contribution in [3.63, 3.8) is 0 Å². The molecule has 1 aromatic heterocycles. The molecular formula is C14H19NO2S. The zero-order valence-corrected chi connectivity index (χ0v) is 11.4. The highest BCUT2D eigenvalue weighted by atomic mass is 32.1. The van der Waals surface area contributed by atoms with Gasteiger partial charge in [-0.05, 0) is 37.6 Å². The SMILES string of the molecule is CC(O)(CNC(=O)C1CC=CCC1)c1cccs1. The van der Waals surface area contributed by atoms with Crippen molar-refractivity contribution >= 4 is 17.2 Å². The van der Waals surface area contributed by atoms with Gasteiger partial charge in [0.25, 0.3) is 0 Å². The first-order valence-electron chi connectivity index (χ1n) is 6.29. The maximum absolute atomic E-state index is 12.0. The Bertz CT molecular complexity index is 423. The lowest BCUT2D eigenvalue weighted by Crippen LogP contribution is -2.41. The van der Waals surface area contributed by atoms with E-state index >= 15 is 0 Å². The Morgan fingerprint density at radius 3 is 3.06 bits per heavy atom. The van der Waals surface area contributed by atoms with Gasteiger partial charge in [0.1, 0.15) is 5.60 Å². The van der Waals surface area contributed by atoms with Crippen LogP contribution in [-0.4, -0.2) is 17.6 Å². The number of nitrogens with one attached hydrogen (secondary N) is 1. The van der Waals surface area contributed by atoms with Crippen LogP contribution in [0.3, 0.4) is 0 Å². The lowest BCUT2D eigenvalue weighted by atomic mass is 9.93. The topological polar surface area (TPSA) is 49.3 Å². The molecule has 1 aliphatic rings. The molecule has 1 amide bonds. The number of allylic oxidation sites excluding steroid dienone is 2. The number of carbonyl (C=O) groups is 1. The molecule has 3 nitrogen and oxygen atoms in total. The number of amides is 1. The molecule has 0 aromatic carbocycles. The summed E-state index contributed by atoms with van der Waals surface area (Å²) in [6.07, 6.45) is 6.87. The lowest BCUT2D eigenvalue weighted by Gasteiger charge is -2.24. The van der Waals surface area contributed by atoms with Crippen LogP contribution in [0.15, 0.2) is 29.7 Å². The minimum atomic E-state index is -0.978. The molecule has 1 aliphatic carbocycles. The van der Waals surface area contributed by atoms with Gasteiger partial charge >= 0.3 is 0 Å². The van der Waals surface area contributed by atoms with Crippen LogP contribution in [0.4, 0.5) is 0 Å². The standard InChI is InChI=1S/C14H19NO2S/c1-14(17,12-8-5-9-18-12)10-15-13(16)11-6-3-2-4-7-11/h2-3,5,8-9,11,17H,4,6-7,10H2,1H3,(H,15,16). The van der Waals surface area contributed by atoms with E-state index in [2.05, 4.69) is 17.5 Å². The van der Waals surface area contributed by atoms with Crippen molar-refractivity contribution in [1.29, 1.82) is 0 Å². The number of aliphatic hydroxyl groups is 1. The zero-order valence-electron chi connectivity index (χ0n) is 10.6. The zero-order chi connectivity index (χ0) is 13.0. The quantitative estimate of drug-likeness (QED) is 0.821. The van der Waals surface area contributed by atoms with Crippen LogP contribution in [0.25, 0.3) is 0 Å². The normalized spacial score (nSPS) is 22.4. The van der Waals surface area contributed by atoms with Crippen molar-refractivity contribution in [2.24, 2.45) is 5.92 Å². The first kappa shape index (κ1) is 13.3. The van der Waals surface area contributed by atoms with E-state index in [1.54, 1.807) is 6.92 Å². The average molecular weight is 265 g/mol. The molecule has 0 fully saturated rings. The third-order valence-corrected chi connectivity index (χ3v) is 4.42. The van der Waals surface area contributed by atoms with E-state index in [0.29, 0.717) is 0 Å². The van der Waals surface area contributed by atoms with Gasteiger partial charge in [0.05, 0.1) is 6.54 Å². The van der Waals surface area contributed by atoms with E-state index in [4.69, 9.17) is 0 Å². The van der Waals surface area contributed by atoms with Gasteiger partial charge in [-0.15, -0.1) is 11.3 Å². The molecule has 0 radical (unpaired) electrons. The summed E-state index contributed by atoms with van der Waals surface area (Å²) in [5.74, 6) is 0.116. The van der Waals surface area contributed by atoms with Crippen LogP contribution in [0, 0.1) is 5.92 Å². The Morgan fingerprint density at radius 1 is 1.61 bits per heavy atom. The van der Waals surface area contributed by atoms with E-state index in [-0.39, 0.29) is 18.4 Å². The molecule has 18 heavy (non-hydrogen) atoms. The number of thiophene rings is 1. The Kier molecular flexibility index (Phi) is 4.19.